The van der Waals surface area contributed by atoms with Gasteiger partial charge in [0.25, 0.3) is 0 Å². The summed E-state index contributed by atoms with van der Waals surface area (Å²) in [5, 5.41) is 0.966. The lowest BCUT2D eigenvalue weighted by Crippen LogP contribution is -1.96. The predicted octanol–water partition coefficient (Wildman–Crippen LogP) is 4.36. The van der Waals surface area contributed by atoms with E-state index in [-0.39, 0.29) is 0 Å². The second-order valence-corrected chi connectivity index (χ2v) is 5.00. The van der Waals surface area contributed by atoms with Crippen molar-refractivity contribution in [1.82, 2.24) is 15.0 Å². The van der Waals surface area contributed by atoms with Crippen LogP contribution in [-0.4, -0.2) is 15.0 Å². The Balaban J connectivity index is 2.02. The van der Waals surface area contributed by atoms with Crippen LogP contribution in [0.25, 0.3) is 33.7 Å². The van der Waals surface area contributed by atoms with Crippen LogP contribution in [0.2, 0.25) is 0 Å². The lowest BCUT2D eigenvalue weighted by Gasteiger charge is -2.08. The van der Waals surface area contributed by atoms with Crippen molar-refractivity contribution in [2.45, 2.75) is 0 Å². The maximum absolute atomic E-state index is 4.79. The normalized spacial score (nSPS) is 10.7. The van der Waals surface area contributed by atoms with Gasteiger partial charge in [0.15, 0.2) is 11.5 Å². The molecule has 0 saturated carbocycles. The van der Waals surface area contributed by atoms with Gasteiger partial charge in [-0.3, -0.25) is 0 Å². The van der Waals surface area contributed by atoms with Crippen LogP contribution in [0.1, 0.15) is 0 Å². The average molecular weight is 283 g/mol. The van der Waals surface area contributed by atoms with Gasteiger partial charge >= 0.3 is 0 Å². The van der Waals surface area contributed by atoms with Crippen LogP contribution in [0.4, 0.5) is 0 Å². The van der Waals surface area contributed by atoms with E-state index in [2.05, 4.69) is 22.1 Å². The summed E-state index contributed by atoms with van der Waals surface area (Å²) in [7, 11) is 0. The molecule has 22 heavy (non-hydrogen) atoms. The van der Waals surface area contributed by atoms with E-state index >= 15 is 0 Å². The lowest BCUT2D eigenvalue weighted by atomic mass is 10.1. The zero-order valence-corrected chi connectivity index (χ0v) is 11.8. The number of hydrogen-bond acceptors (Lipinski definition) is 3. The summed E-state index contributed by atoms with van der Waals surface area (Å²) in [4.78, 5) is 13.8. The molecule has 3 nitrogen and oxygen atoms in total. The van der Waals surface area contributed by atoms with Crippen molar-refractivity contribution in [1.29, 1.82) is 0 Å². The van der Waals surface area contributed by atoms with Crippen molar-refractivity contribution in [3.8, 4) is 22.6 Å². The number of nitrogens with zero attached hydrogens (tertiary/aromatic N) is 3. The number of pyridine rings is 1. The van der Waals surface area contributed by atoms with Gasteiger partial charge in [0.2, 0.25) is 0 Å². The highest BCUT2D eigenvalue weighted by Crippen LogP contribution is 2.27. The molecule has 0 amide bonds. The summed E-state index contributed by atoms with van der Waals surface area (Å²) >= 11 is 0. The summed E-state index contributed by atoms with van der Waals surface area (Å²) in [6, 6.07) is 24.1. The Morgan fingerprint density at radius 1 is 0.591 bits per heavy atom. The summed E-state index contributed by atoms with van der Waals surface area (Å²) in [5.41, 5.74) is 3.69. The van der Waals surface area contributed by atoms with E-state index in [1.807, 2.05) is 60.7 Å². The Labute approximate surface area is 128 Å². The summed E-state index contributed by atoms with van der Waals surface area (Å²) in [6.07, 6.45) is 1.76. The Morgan fingerprint density at radius 2 is 1.27 bits per heavy atom. The van der Waals surface area contributed by atoms with Gasteiger partial charge in [0, 0.05) is 22.7 Å². The van der Waals surface area contributed by atoms with E-state index in [0.717, 1.165) is 27.9 Å². The van der Waals surface area contributed by atoms with Crippen molar-refractivity contribution in [2.24, 2.45) is 0 Å². The zero-order chi connectivity index (χ0) is 14.8. The predicted molar refractivity (Wildman–Crippen MR) is 88.2 cm³/mol. The Hall–Kier alpha value is -3.07. The molecule has 2 heterocycles. The third-order valence-electron chi connectivity index (χ3n) is 3.55. The quantitative estimate of drug-likeness (QED) is 0.548. The van der Waals surface area contributed by atoms with Gasteiger partial charge in [-0.25, -0.2) is 15.0 Å². The molecule has 3 heteroatoms. The molecule has 0 aliphatic rings. The average Bonchev–Trinajstić information content (AvgIpc) is 2.62. The molecule has 0 spiro atoms. The minimum absolute atomic E-state index is 0.700. The van der Waals surface area contributed by atoms with Gasteiger partial charge in [0.1, 0.15) is 0 Å². The standard InChI is InChI=1S/C19H13N3/c1-3-8-14(9-4-1)17-16-12-7-13-20-19(16)22-18(21-17)15-10-5-2-6-11-15/h1-13H. The third-order valence-corrected chi connectivity index (χ3v) is 3.55. The molecule has 0 N–H and O–H groups in total. The van der Waals surface area contributed by atoms with Crippen molar-refractivity contribution in [3.63, 3.8) is 0 Å². The van der Waals surface area contributed by atoms with Crippen LogP contribution in [-0.2, 0) is 0 Å². The molecule has 2 aromatic carbocycles. The minimum atomic E-state index is 0.700. The van der Waals surface area contributed by atoms with E-state index in [9.17, 15) is 0 Å². The monoisotopic (exact) mass is 283 g/mol. The smallest absolute Gasteiger partial charge is 0.163 e. The van der Waals surface area contributed by atoms with Crippen LogP contribution >= 0.6 is 0 Å². The minimum Gasteiger partial charge on any atom is -0.236 e. The second kappa shape index (κ2) is 5.37. The molecule has 0 aliphatic carbocycles. The number of aromatic nitrogens is 3. The Kier molecular flexibility index (Phi) is 3.09. The molecule has 0 bridgehead atoms. The van der Waals surface area contributed by atoms with E-state index in [4.69, 9.17) is 4.98 Å². The zero-order valence-electron chi connectivity index (χ0n) is 11.8. The molecule has 0 aliphatic heterocycles. The maximum atomic E-state index is 4.79. The lowest BCUT2D eigenvalue weighted by molar-refractivity contribution is 1.19. The van der Waals surface area contributed by atoms with Gasteiger partial charge in [-0.05, 0) is 12.1 Å². The molecule has 4 aromatic rings. The molecule has 0 saturated heterocycles. The molecule has 2 aromatic heterocycles. The molecule has 4 rings (SSSR count). The summed E-state index contributed by atoms with van der Waals surface area (Å²) < 4.78 is 0. The number of rotatable bonds is 2. The highest BCUT2D eigenvalue weighted by Gasteiger charge is 2.11. The van der Waals surface area contributed by atoms with E-state index < -0.39 is 0 Å². The topological polar surface area (TPSA) is 38.7 Å². The van der Waals surface area contributed by atoms with Crippen molar-refractivity contribution in [2.75, 3.05) is 0 Å². The van der Waals surface area contributed by atoms with Crippen LogP contribution in [0, 0.1) is 0 Å². The molecule has 0 atom stereocenters. The fourth-order valence-electron chi connectivity index (χ4n) is 2.49. The van der Waals surface area contributed by atoms with Crippen LogP contribution in [0.15, 0.2) is 79.0 Å². The first-order valence-electron chi connectivity index (χ1n) is 7.15. The van der Waals surface area contributed by atoms with E-state index in [1.54, 1.807) is 6.20 Å². The molecule has 0 unspecified atom stereocenters. The summed E-state index contributed by atoms with van der Waals surface area (Å²) in [6.45, 7) is 0. The van der Waals surface area contributed by atoms with E-state index in [1.165, 1.54) is 0 Å². The maximum Gasteiger partial charge on any atom is 0.163 e. The molecular weight excluding hydrogens is 270 g/mol. The van der Waals surface area contributed by atoms with Gasteiger partial charge in [-0.1, -0.05) is 60.7 Å². The van der Waals surface area contributed by atoms with Gasteiger partial charge < -0.3 is 0 Å². The van der Waals surface area contributed by atoms with Crippen LogP contribution < -0.4 is 0 Å². The SMILES string of the molecule is c1ccc(-c2nc(-c3ccccc3)c3cccnc3n2)cc1. The largest absolute Gasteiger partial charge is 0.236 e. The molecular formula is C19H13N3. The van der Waals surface area contributed by atoms with Crippen LogP contribution in [0.5, 0.6) is 0 Å². The number of hydrogen-bond donors (Lipinski definition) is 0. The highest BCUT2D eigenvalue weighted by atomic mass is 14.9. The Bertz CT molecular complexity index is 919. The van der Waals surface area contributed by atoms with Gasteiger partial charge in [-0.15, -0.1) is 0 Å². The number of fused-ring (bicyclic) bond motifs is 1. The van der Waals surface area contributed by atoms with Crippen molar-refractivity contribution >= 4 is 11.0 Å². The molecule has 0 radical (unpaired) electrons. The first-order valence-corrected chi connectivity index (χ1v) is 7.15. The first kappa shape index (κ1) is 12.7. The van der Waals surface area contributed by atoms with Gasteiger partial charge in [0.05, 0.1) is 5.69 Å². The molecule has 0 fully saturated rings. The highest BCUT2D eigenvalue weighted by molar-refractivity contribution is 5.91. The summed E-state index contributed by atoms with van der Waals surface area (Å²) in [5.74, 6) is 0.700. The number of benzene rings is 2. The van der Waals surface area contributed by atoms with Crippen LogP contribution in [0.3, 0.4) is 0 Å². The van der Waals surface area contributed by atoms with E-state index in [0.29, 0.717) is 5.82 Å². The third kappa shape index (κ3) is 2.23. The second-order valence-electron chi connectivity index (χ2n) is 5.00. The fraction of sp³-hybridized carbons (Fsp3) is 0. The first-order chi connectivity index (χ1) is 10.9. The Morgan fingerprint density at radius 3 is 2.00 bits per heavy atom. The molecule has 104 valence electrons. The van der Waals surface area contributed by atoms with Crippen molar-refractivity contribution in [3.05, 3.63) is 79.0 Å². The van der Waals surface area contributed by atoms with Crippen molar-refractivity contribution < 1.29 is 0 Å². The fourth-order valence-corrected chi connectivity index (χ4v) is 2.49. The van der Waals surface area contributed by atoms with Gasteiger partial charge in [-0.2, -0.15) is 0 Å².